The van der Waals surface area contributed by atoms with Gasteiger partial charge in [-0.05, 0) is 11.4 Å². The maximum atomic E-state index is 12.6. The topological polar surface area (TPSA) is 77.0 Å². The summed E-state index contributed by atoms with van der Waals surface area (Å²) >= 11 is 1.47. The molecule has 0 aliphatic heterocycles. The van der Waals surface area contributed by atoms with Gasteiger partial charge in [0.1, 0.15) is 12.4 Å². The number of primary amides is 1. The first-order valence-electron chi connectivity index (χ1n) is 6.27. The van der Waals surface area contributed by atoms with Crippen molar-refractivity contribution in [2.24, 2.45) is 5.73 Å². The summed E-state index contributed by atoms with van der Waals surface area (Å²) in [6, 6.07) is 2.94. The van der Waals surface area contributed by atoms with E-state index in [0.29, 0.717) is 6.42 Å². The third-order valence-corrected chi connectivity index (χ3v) is 3.66. The second-order valence-corrected chi connectivity index (χ2v) is 5.70. The largest absolute Gasteiger partial charge is 0.408 e. The molecule has 0 atom stereocenters. The number of carbonyl (C=O) groups is 1. The number of aromatic nitrogens is 3. The summed E-state index contributed by atoms with van der Waals surface area (Å²) in [7, 11) is 1.38. The number of carbonyl (C=O) groups excluding carboxylic acids is 1. The molecule has 0 aliphatic rings. The minimum atomic E-state index is -4.42. The zero-order chi connectivity index (χ0) is 16.3. The predicted molar refractivity (Wildman–Crippen MR) is 74.3 cm³/mol. The Labute approximate surface area is 128 Å². The number of nitrogens with two attached hydrogens (primary N) is 1. The number of urea groups is 1. The maximum absolute atomic E-state index is 12.6. The van der Waals surface area contributed by atoms with Crippen LogP contribution in [-0.2, 0) is 19.5 Å². The molecule has 120 valence electrons. The minimum Gasteiger partial charge on any atom is -0.351 e. The first kappa shape index (κ1) is 16.3. The Morgan fingerprint density at radius 2 is 2.23 bits per heavy atom. The van der Waals surface area contributed by atoms with Gasteiger partial charge < -0.3 is 10.6 Å². The van der Waals surface area contributed by atoms with Gasteiger partial charge in [-0.1, -0.05) is 6.07 Å². The fourth-order valence-corrected chi connectivity index (χ4v) is 2.47. The Morgan fingerprint density at radius 3 is 2.77 bits per heavy atom. The first-order valence-corrected chi connectivity index (χ1v) is 7.15. The van der Waals surface area contributed by atoms with Crippen molar-refractivity contribution in [1.29, 1.82) is 0 Å². The van der Waals surface area contributed by atoms with E-state index < -0.39 is 18.8 Å². The van der Waals surface area contributed by atoms with E-state index >= 15 is 0 Å². The molecule has 2 aromatic rings. The average molecular weight is 333 g/mol. The molecule has 0 saturated heterocycles. The lowest BCUT2D eigenvalue weighted by Crippen LogP contribution is -2.33. The molecule has 0 saturated carbocycles. The molecule has 0 fully saturated rings. The highest BCUT2D eigenvalue weighted by molar-refractivity contribution is 7.09. The quantitative estimate of drug-likeness (QED) is 0.909. The number of rotatable bonds is 5. The van der Waals surface area contributed by atoms with Gasteiger partial charge in [-0.2, -0.15) is 18.3 Å². The molecule has 2 aromatic heterocycles. The van der Waals surface area contributed by atoms with Crippen LogP contribution in [-0.4, -0.2) is 38.9 Å². The van der Waals surface area contributed by atoms with Crippen molar-refractivity contribution >= 4 is 17.4 Å². The summed E-state index contributed by atoms with van der Waals surface area (Å²) in [5.74, 6) is 0.324. The van der Waals surface area contributed by atoms with Crippen molar-refractivity contribution < 1.29 is 18.0 Å². The lowest BCUT2D eigenvalue weighted by Gasteiger charge is -2.14. The van der Waals surface area contributed by atoms with Crippen LogP contribution in [0.15, 0.2) is 17.5 Å². The Morgan fingerprint density at radius 1 is 1.50 bits per heavy atom. The van der Waals surface area contributed by atoms with Crippen molar-refractivity contribution in [2.45, 2.75) is 25.7 Å². The molecule has 10 heteroatoms. The lowest BCUT2D eigenvalue weighted by molar-refractivity contribution is -0.143. The van der Waals surface area contributed by atoms with Crippen molar-refractivity contribution in [2.75, 3.05) is 7.05 Å². The van der Waals surface area contributed by atoms with Gasteiger partial charge in [-0.3, -0.25) is 0 Å². The van der Waals surface area contributed by atoms with Crippen LogP contribution >= 0.6 is 11.3 Å². The van der Waals surface area contributed by atoms with Gasteiger partial charge in [-0.25, -0.2) is 14.5 Å². The molecule has 0 aliphatic carbocycles. The highest BCUT2D eigenvalue weighted by Crippen LogP contribution is 2.19. The van der Waals surface area contributed by atoms with Gasteiger partial charge in [0, 0.05) is 18.3 Å². The van der Waals surface area contributed by atoms with Gasteiger partial charge in [0.25, 0.3) is 0 Å². The van der Waals surface area contributed by atoms with E-state index in [1.807, 2.05) is 17.5 Å². The fraction of sp³-hybridized carbons (Fsp3) is 0.417. The maximum Gasteiger partial charge on any atom is 0.408 e. The van der Waals surface area contributed by atoms with E-state index in [1.165, 1.54) is 18.4 Å². The van der Waals surface area contributed by atoms with Crippen LogP contribution in [0, 0.1) is 0 Å². The molecule has 0 spiro atoms. The van der Waals surface area contributed by atoms with Crippen molar-refractivity contribution in [3.8, 4) is 0 Å². The summed E-state index contributed by atoms with van der Waals surface area (Å²) < 4.78 is 38.6. The zero-order valence-corrected chi connectivity index (χ0v) is 12.5. The van der Waals surface area contributed by atoms with E-state index in [2.05, 4.69) is 10.1 Å². The summed E-state index contributed by atoms with van der Waals surface area (Å²) in [6.07, 6.45) is -4.08. The van der Waals surface area contributed by atoms with Crippen LogP contribution < -0.4 is 5.73 Å². The summed E-state index contributed by atoms with van der Waals surface area (Å²) in [6.45, 7) is -1.39. The molecular formula is C12H14F3N5OS. The number of thiophene rings is 1. The third-order valence-electron chi connectivity index (χ3n) is 2.79. The highest BCUT2D eigenvalue weighted by Gasteiger charge is 2.30. The van der Waals surface area contributed by atoms with E-state index in [1.54, 1.807) is 0 Å². The smallest absolute Gasteiger partial charge is 0.351 e. The predicted octanol–water partition coefficient (Wildman–Crippen LogP) is 2.00. The number of nitrogens with zero attached hydrogens (tertiary/aromatic N) is 4. The molecule has 2 N–H and O–H groups in total. The highest BCUT2D eigenvalue weighted by atomic mass is 32.1. The van der Waals surface area contributed by atoms with Crippen LogP contribution in [0.25, 0.3) is 0 Å². The second kappa shape index (κ2) is 6.34. The number of halogens is 3. The van der Waals surface area contributed by atoms with Crippen LogP contribution in [0.4, 0.5) is 18.0 Å². The number of hydrogen-bond acceptors (Lipinski definition) is 4. The molecule has 22 heavy (non-hydrogen) atoms. The Hall–Kier alpha value is -2.10. The van der Waals surface area contributed by atoms with Crippen molar-refractivity contribution in [1.82, 2.24) is 19.7 Å². The molecule has 2 rings (SSSR count). The Balaban J connectivity index is 2.24. The second-order valence-electron chi connectivity index (χ2n) is 4.67. The summed E-state index contributed by atoms with van der Waals surface area (Å²) in [5, 5.41) is 5.76. The molecular weight excluding hydrogens is 319 g/mol. The molecule has 0 bridgehead atoms. The van der Waals surface area contributed by atoms with E-state index in [4.69, 9.17) is 5.73 Å². The first-order chi connectivity index (χ1) is 10.2. The van der Waals surface area contributed by atoms with Gasteiger partial charge in [-0.15, -0.1) is 11.3 Å². The summed E-state index contributed by atoms with van der Waals surface area (Å²) in [4.78, 5) is 17.2. The van der Waals surface area contributed by atoms with Crippen LogP contribution in [0.2, 0.25) is 0 Å². The normalized spacial score (nSPS) is 11.6. The number of amides is 2. The molecule has 2 amide bonds. The standard InChI is InChI=1S/C12H14F3N5OS/c1-19(11(16)21)6-10-17-9(5-8-3-2-4-22-8)18-20(10)7-12(13,14)15/h2-4H,5-7H2,1H3,(H2,16,21). The number of hydrogen-bond donors (Lipinski definition) is 1. The van der Waals surface area contributed by atoms with Crippen LogP contribution in [0.1, 0.15) is 16.5 Å². The number of alkyl halides is 3. The molecule has 6 nitrogen and oxygen atoms in total. The average Bonchev–Trinajstić information content (AvgIpc) is 2.99. The van der Waals surface area contributed by atoms with Crippen LogP contribution in [0.5, 0.6) is 0 Å². The Kier molecular flexibility index (Phi) is 4.69. The SMILES string of the molecule is CN(Cc1nc(Cc2cccs2)nn1CC(F)(F)F)C(N)=O. The van der Waals surface area contributed by atoms with Crippen molar-refractivity contribution in [3.05, 3.63) is 34.0 Å². The van der Waals surface area contributed by atoms with Gasteiger partial charge >= 0.3 is 12.2 Å². The van der Waals surface area contributed by atoms with E-state index in [-0.39, 0.29) is 18.2 Å². The van der Waals surface area contributed by atoms with Gasteiger partial charge in [0.05, 0.1) is 6.54 Å². The molecule has 0 unspecified atom stereocenters. The van der Waals surface area contributed by atoms with Crippen LogP contribution in [0.3, 0.4) is 0 Å². The fourth-order valence-electron chi connectivity index (χ4n) is 1.77. The molecule has 2 heterocycles. The lowest BCUT2D eigenvalue weighted by atomic mass is 10.3. The minimum absolute atomic E-state index is 0.0465. The van der Waals surface area contributed by atoms with E-state index in [9.17, 15) is 18.0 Å². The zero-order valence-electron chi connectivity index (χ0n) is 11.7. The van der Waals surface area contributed by atoms with Gasteiger partial charge in [0.15, 0.2) is 5.82 Å². The van der Waals surface area contributed by atoms with E-state index in [0.717, 1.165) is 14.5 Å². The Bertz CT molecular complexity index is 638. The third kappa shape index (κ3) is 4.45. The van der Waals surface area contributed by atoms with Gasteiger partial charge in [0.2, 0.25) is 0 Å². The summed E-state index contributed by atoms with van der Waals surface area (Å²) in [5.41, 5.74) is 5.09. The van der Waals surface area contributed by atoms with Crippen molar-refractivity contribution in [3.63, 3.8) is 0 Å². The molecule has 0 aromatic carbocycles. The monoisotopic (exact) mass is 333 g/mol. The molecule has 0 radical (unpaired) electrons.